The second-order valence-corrected chi connectivity index (χ2v) is 9.26. The molecule has 0 amide bonds. The third-order valence-electron chi connectivity index (χ3n) is 5.80. The predicted molar refractivity (Wildman–Crippen MR) is 137 cm³/mol. The number of aliphatic carboxylic acids is 1. The second-order valence-electron chi connectivity index (χ2n) is 9.26. The first-order valence-corrected chi connectivity index (χ1v) is 11.6. The molecule has 0 spiro atoms. The van der Waals surface area contributed by atoms with Gasteiger partial charge in [-0.3, -0.25) is 4.79 Å². The van der Waals surface area contributed by atoms with Crippen LogP contribution in [0.4, 0.5) is 0 Å². The Morgan fingerprint density at radius 2 is 1.14 bits per heavy atom. The molecule has 0 aromatic heterocycles. The van der Waals surface area contributed by atoms with E-state index in [0.717, 1.165) is 16.7 Å². The first-order valence-electron chi connectivity index (χ1n) is 11.6. The Labute approximate surface area is 208 Å². The van der Waals surface area contributed by atoms with Crippen LogP contribution in [-0.4, -0.2) is 51.4 Å². The minimum atomic E-state index is -1.40. The zero-order valence-electron chi connectivity index (χ0n) is 21.8. The molecule has 0 aliphatic carbocycles. The molecule has 2 aromatic carbocycles. The van der Waals surface area contributed by atoms with Gasteiger partial charge >= 0.3 is 11.9 Å². The number of aromatic carboxylic acids is 1. The number of rotatable bonds is 8. The Balaban J connectivity index is 0.000000507. The largest absolute Gasteiger partial charge is 0.478 e. The Morgan fingerprint density at radius 3 is 1.40 bits per heavy atom. The average Bonchev–Trinajstić information content (AvgIpc) is 2.77. The minimum absolute atomic E-state index is 0.182. The van der Waals surface area contributed by atoms with Crippen molar-refractivity contribution in [2.45, 2.75) is 48.5 Å². The van der Waals surface area contributed by atoms with Gasteiger partial charge in [-0.25, -0.2) is 9.59 Å². The van der Waals surface area contributed by atoms with Crippen molar-refractivity contribution in [2.75, 3.05) is 13.2 Å². The van der Waals surface area contributed by atoms with Gasteiger partial charge in [-0.1, -0.05) is 63.6 Å². The standard InChI is InChI=1S/C11H12O3.C10H22O2.C7H6O2/c1-6-4-7(2)9(8(3)5-6)10(12)11(13)14;1-7(2)9(5-11)10(6-12)8(3)4;8-7(9)6-4-2-1-3-5-6/h4-5H,1-3H3,(H,13,14);7-12H,5-6H2,1-4H3;1-5H,(H,8,9). The van der Waals surface area contributed by atoms with Gasteiger partial charge in [-0.2, -0.15) is 0 Å². The summed E-state index contributed by atoms with van der Waals surface area (Å²) in [6.07, 6.45) is 0. The number of hydrogen-bond acceptors (Lipinski definition) is 5. The zero-order chi connectivity index (χ0) is 27.3. The van der Waals surface area contributed by atoms with Crippen molar-refractivity contribution in [1.82, 2.24) is 0 Å². The van der Waals surface area contributed by atoms with Gasteiger partial charge in [-0.15, -0.1) is 0 Å². The SMILES string of the molecule is CC(C)C(CO)C(CO)C(C)C.Cc1cc(C)c(C(=O)C(=O)O)c(C)c1.O=C(O)c1ccccc1. The molecule has 0 bridgehead atoms. The number of carbonyl (C=O) groups excluding carboxylic acids is 1. The third kappa shape index (κ3) is 10.8. The summed E-state index contributed by atoms with van der Waals surface area (Å²) in [5.41, 5.74) is 3.10. The lowest BCUT2D eigenvalue weighted by Gasteiger charge is -2.30. The van der Waals surface area contributed by atoms with E-state index in [0.29, 0.717) is 23.0 Å². The van der Waals surface area contributed by atoms with Gasteiger partial charge in [0.25, 0.3) is 5.78 Å². The molecule has 2 rings (SSSR count). The average molecular weight is 489 g/mol. The highest BCUT2D eigenvalue weighted by atomic mass is 16.4. The number of aryl methyl sites for hydroxylation is 3. The van der Waals surface area contributed by atoms with Crippen LogP contribution in [0.25, 0.3) is 0 Å². The van der Waals surface area contributed by atoms with E-state index in [4.69, 9.17) is 20.4 Å². The second kappa shape index (κ2) is 15.8. The van der Waals surface area contributed by atoms with Crippen LogP contribution in [0.15, 0.2) is 42.5 Å². The summed E-state index contributed by atoms with van der Waals surface area (Å²) in [6, 6.07) is 11.9. The molecule has 0 aliphatic heterocycles. The lowest BCUT2D eigenvalue weighted by Crippen LogP contribution is -2.30. The Hall–Kier alpha value is -3.03. The Bertz CT molecular complexity index is 912. The molecule has 35 heavy (non-hydrogen) atoms. The summed E-state index contributed by atoms with van der Waals surface area (Å²) in [4.78, 5) is 32.0. The van der Waals surface area contributed by atoms with Gasteiger partial charge in [0.1, 0.15) is 0 Å². The topological polar surface area (TPSA) is 132 Å². The van der Waals surface area contributed by atoms with E-state index in [1.807, 2.05) is 19.1 Å². The summed E-state index contributed by atoms with van der Waals surface area (Å²) in [5.74, 6) is -1.77. The quantitative estimate of drug-likeness (QED) is 0.310. The summed E-state index contributed by atoms with van der Waals surface area (Å²) in [6.45, 7) is 14.1. The van der Waals surface area contributed by atoms with Crippen molar-refractivity contribution in [2.24, 2.45) is 23.7 Å². The van der Waals surface area contributed by atoms with E-state index in [1.54, 1.807) is 44.2 Å². The van der Waals surface area contributed by atoms with E-state index in [1.165, 1.54) is 0 Å². The highest BCUT2D eigenvalue weighted by molar-refractivity contribution is 6.40. The lowest BCUT2D eigenvalue weighted by molar-refractivity contribution is -0.131. The van der Waals surface area contributed by atoms with Gasteiger partial charge in [0, 0.05) is 18.8 Å². The maximum atomic E-state index is 11.3. The molecule has 0 radical (unpaired) electrons. The van der Waals surface area contributed by atoms with Crippen LogP contribution in [0.5, 0.6) is 0 Å². The van der Waals surface area contributed by atoms with Gasteiger partial charge in [-0.05, 0) is 67.7 Å². The molecule has 0 saturated carbocycles. The van der Waals surface area contributed by atoms with Crippen molar-refractivity contribution in [3.8, 4) is 0 Å². The van der Waals surface area contributed by atoms with Crippen LogP contribution in [-0.2, 0) is 4.79 Å². The molecule has 2 atom stereocenters. The van der Waals surface area contributed by atoms with Gasteiger partial charge in [0.05, 0.1) is 5.56 Å². The predicted octanol–water partition coefficient (Wildman–Crippen LogP) is 4.78. The molecule has 0 saturated heterocycles. The monoisotopic (exact) mass is 488 g/mol. The molecule has 194 valence electrons. The number of ketones is 1. The van der Waals surface area contributed by atoms with Crippen molar-refractivity contribution in [1.29, 1.82) is 0 Å². The summed E-state index contributed by atoms with van der Waals surface area (Å²) >= 11 is 0. The van der Waals surface area contributed by atoms with Crippen LogP contribution < -0.4 is 0 Å². The molecular formula is C28H40O7. The number of carboxylic acid groups (broad SMARTS) is 2. The molecular weight excluding hydrogens is 448 g/mol. The maximum absolute atomic E-state index is 11.3. The van der Waals surface area contributed by atoms with Crippen LogP contribution in [0.2, 0.25) is 0 Å². The van der Waals surface area contributed by atoms with E-state index < -0.39 is 17.7 Å². The molecule has 7 heteroatoms. The van der Waals surface area contributed by atoms with Crippen LogP contribution in [0.3, 0.4) is 0 Å². The normalized spacial score (nSPS) is 12.1. The number of carboxylic acids is 2. The fourth-order valence-corrected chi connectivity index (χ4v) is 3.91. The van der Waals surface area contributed by atoms with Crippen molar-refractivity contribution in [3.63, 3.8) is 0 Å². The summed E-state index contributed by atoms with van der Waals surface area (Å²) in [5, 5.41) is 35.3. The summed E-state index contributed by atoms with van der Waals surface area (Å²) in [7, 11) is 0. The van der Waals surface area contributed by atoms with Crippen molar-refractivity contribution in [3.05, 3.63) is 70.3 Å². The number of aliphatic hydroxyl groups excluding tert-OH is 2. The lowest BCUT2D eigenvalue weighted by atomic mass is 9.78. The van der Waals surface area contributed by atoms with Gasteiger partial charge in [0.2, 0.25) is 0 Å². The number of Topliss-reactive ketones (excluding diaryl/α,β-unsaturated/α-hetero) is 1. The highest BCUT2D eigenvalue weighted by Gasteiger charge is 2.25. The Morgan fingerprint density at radius 1 is 0.743 bits per heavy atom. The molecule has 7 nitrogen and oxygen atoms in total. The molecule has 0 aliphatic rings. The smallest absolute Gasteiger partial charge is 0.377 e. The van der Waals surface area contributed by atoms with Crippen molar-refractivity contribution >= 4 is 17.7 Å². The summed E-state index contributed by atoms with van der Waals surface area (Å²) < 4.78 is 0. The Kier molecular flexibility index (Phi) is 14.4. The first-order chi connectivity index (χ1) is 16.3. The molecule has 0 heterocycles. The van der Waals surface area contributed by atoms with E-state index >= 15 is 0 Å². The number of carbonyl (C=O) groups is 3. The maximum Gasteiger partial charge on any atom is 0.377 e. The molecule has 2 aromatic rings. The number of hydrogen-bond donors (Lipinski definition) is 4. The van der Waals surface area contributed by atoms with E-state index in [9.17, 15) is 14.4 Å². The fraction of sp³-hybridized carbons (Fsp3) is 0.464. The zero-order valence-corrected chi connectivity index (χ0v) is 21.8. The van der Waals surface area contributed by atoms with Crippen molar-refractivity contribution < 1.29 is 34.8 Å². The van der Waals surface area contributed by atoms with E-state index in [-0.39, 0.29) is 25.0 Å². The molecule has 4 N–H and O–H groups in total. The number of aliphatic hydroxyl groups is 2. The third-order valence-corrected chi connectivity index (χ3v) is 5.80. The van der Waals surface area contributed by atoms with Crippen LogP contribution >= 0.6 is 0 Å². The van der Waals surface area contributed by atoms with Crippen LogP contribution in [0, 0.1) is 44.4 Å². The first kappa shape index (κ1) is 32.0. The van der Waals surface area contributed by atoms with Gasteiger partial charge in [0.15, 0.2) is 0 Å². The molecule has 0 fully saturated rings. The van der Waals surface area contributed by atoms with Gasteiger partial charge < -0.3 is 20.4 Å². The van der Waals surface area contributed by atoms with Crippen LogP contribution in [0.1, 0.15) is 65.1 Å². The minimum Gasteiger partial charge on any atom is -0.478 e. The van der Waals surface area contributed by atoms with E-state index in [2.05, 4.69) is 27.7 Å². The number of benzene rings is 2. The fourth-order valence-electron chi connectivity index (χ4n) is 3.91. The highest BCUT2D eigenvalue weighted by Crippen LogP contribution is 2.26. The molecule has 2 unspecified atom stereocenters.